The maximum atomic E-state index is 5.40. The van der Waals surface area contributed by atoms with E-state index in [1.807, 2.05) is 0 Å². The predicted molar refractivity (Wildman–Crippen MR) is 125 cm³/mol. The van der Waals surface area contributed by atoms with Gasteiger partial charge in [0.1, 0.15) is 0 Å². The van der Waals surface area contributed by atoms with Crippen molar-refractivity contribution in [2.45, 2.75) is 161 Å². The van der Waals surface area contributed by atoms with Crippen LogP contribution >= 0.6 is 0 Å². The van der Waals surface area contributed by atoms with Gasteiger partial charge in [-0.25, -0.2) is 0 Å². The number of hydrogen-bond acceptors (Lipinski definition) is 1. The third-order valence-corrected chi connectivity index (χ3v) is 5.97. The van der Waals surface area contributed by atoms with E-state index in [1.165, 1.54) is 148 Å². The standard InChI is InChI=1S/C26H54N/c1-2-3-4-5-6-7-8-9-10-11-12-13-14-15-16-17-18-19-20-21-22-23-24-25-26-27/h26H,2-25,27H2,1H3. The molecule has 0 aromatic heterocycles. The van der Waals surface area contributed by atoms with Crippen molar-refractivity contribution in [1.82, 2.24) is 0 Å². The lowest BCUT2D eigenvalue weighted by molar-refractivity contribution is 0.518. The van der Waals surface area contributed by atoms with Crippen LogP contribution in [0.15, 0.2) is 0 Å². The summed E-state index contributed by atoms with van der Waals surface area (Å²) < 4.78 is 0. The molecule has 0 saturated carbocycles. The summed E-state index contributed by atoms with van der Waals surface area (Å²) in [5.74, 6) is 0. The number of unbranched alkanes of at least 4 members (excludes halogenated alkanes) is 23. The molecule has 0 amide bonds. The van der Waals surface area contributed by atoms with Gasteiger partial charge in [0, 0.05) is 6.54 Å². The fraction of sp³-hybridized carbons (Fsp3) is 0.962. The Hall–Kier alpha value is -0.0400. The maximum Gasteiger partial charge on any atom is 0.0192 e. The van der Waals surface area contributed by atoms with Crippen molar-refractivity contribution in [3.05, 3.63) is 6.54 Å². The molecule has 27 heavy (non-hydrogen) atoms. The molecule has 0 rings (SSSR count). The van der Waals surface area contributed by atoms with Gasteiger partial charge in [0.15, 0.2) is 0 Å². The Balaban J connectivity index is 2.95. The molecule has 0 spiro atoms. The van der Waals surface area contributed by atoms with Crippen LogP contribution in [0.25, 0.3) is 0 Å². The Labute approximate surface area is 173 Å². The molecule has 0 unspecified atom stereocenters. The van der Waals surface area contributed by atoms with Gasteiger partial charge in [-0.2, -0.15) is 0 Å². The first kappa shape index (κ1) is 27.0. The summed E-state index contributed by atoms with van der Waals surface area (Å²) in [6, 6.07) is 0. The van der Waals surface area contributed by atoms with Crippen molar-refractivity contribution in [3.8, 4) is 0 Å². The van der Waals surface area contributed by atoms with Crippen LogP contribution < -0.4 is 5.73 Å². The Morgan fingerprint density at radius 3 is 0.815 bits per heavy atom. The van der Waals surface area contributed by atoms with Gasteiger partial charge in [-0.05, 0) is 6.42 Å². The van der Waals surface area contributed by atoms with Gasteiger partial charge >= 0.3 is 0 Å². The lowest BCUT2D eigenvalue weighted by atomic mass is 10.0. The molecule has 0 aliphatic heterocycles. The average molecular weight is 381 g/mol. The van der Waals surface area contributed by atoms with Crippen molar-refractivity contribution in [1.29, 1.82) is 0 Å². The predicted octanol–water partition coefficient (Wildman–Crippen LogP) is 9.49. The zero-order valence-electron chi connectivity index (χ0n) is 19.1. The van der Waals surface area contributed by atoms with E-state index >= 15 is 0 Å². The van der Waals surface area contributed by atoms with Crippen molar-refractivity contribution >= 4 is 0 Å². The molecule has 163 valence electrons. The third-order valence-electron chi connectivity index (χ3n) is 5.97. The molecule has 0 atom stereocenters. The minimum Gasteiger partial charge on any atom is -0.326 e. The molecule has 2 N–H and O–H groups in total. The van der Waals surface area contributed by atoms with Crippen LogP contribution in [0.2, 0.25) is 0 Å². The zero-order valence-corrected chi connectivity index (χ0v) is 19.1. The molecule has 1 heteroatoms. The highest BCUT2D eigenvalue weighted by Gasteiger charge is 1.95. The van der Waals surface area contributed by atoms with Crippen LogP contribution in [0.5, 0.6) is 0 Å². The molecule has 0 aromatic carbocycles. The van der Waals surface area contributed by atoms with Crippen LogP contribution in [-0.2, 0) is 0 Å². The maximum absolute atomic E-state index is 5.40. The van der Waals surface area contributed by atoms with Crippen LogP contribution in [0.4, 0.5) is 0 Å². The van der Waals surface area contributed by atoms with Crippen LogP contribution in [-0.4, -0.2) is 0 Å². The molecule has 0 saturated heterocycles. The summed E-state index contributed by atoms with van der Waals surface area (Å²) >= 11 is 0. The fourth-order valence-electron chi connectivity index (χ4n) is 4.05. The Kier molecular flexibility index (Phi) is 25.9. The largest absolute Gasteiger partial charge is 0.326 e. The summed E-state index contributed by atoms with van der Waals surface area (Å²) in [6.07, 6.45) is 34.5. The average Bonchev–Trinajstić information content (AvgIpc) is 2.68. The second-order valence-electron chi connectivity index (χ2n) is 8.80. The van der Waals surface area contributed by atoms with Crippen molar-refractivity contribution in [3.63, 3.8) is 0 Å². The lowest BCUT2D eigenvalue weighted by Gasteiger charge is -2.04. The second-order valence-corrected chi connectivity index (χ2v) is 8.80. The van der Waals surface area contributed by atoms with E-state index in [1.54, 1.807) is 6.54 Å². The summed E-state index contributed by atoms with van der Waals surface area (Å²) in [6.45, 7) is 4.10. The molecule has 0 aliphatic rings. The van der Waals surface area contributed by atoms with Gasteiger partial charge in [0.2, 0.25) is 0 Å². The second kappa shape index (κ2) is 26.0. The highest BCUT2D eigenvalue weighted by molar-refractivity contribution is 4.54. The number of rotatable bonds is 24. The Bertz CT molecular complexity index is 214. The number of hydrogen-bond donors (Lipinski definition) is 1. The quantitative estimate of drug-likeness (QED) is 0.166. The van der Waals surface area contributed by atoms with E-state index < -0.39 is 0 Å². The summed E-state index contributed by atoms with van der Waals surface area (Å²) in [5.41, 5.74) is 5.40. The molecular weight excluding hydrogens is 326 g/mol. The van der Waals surface area contributed by atoms with Gasteiger partial charge in [-0.1, -0.05) is 155 Å². The molecule has 1 radical (unpaired) electrons. The molecular formula is C26H54N. The smallest absolute Gasteiger partial charge is 0.0192 e. The van der Waals surface area contributed by atoms with Crippen LogP contribution in [0, 0.1) is 6.54 Å². The fourth-order valence-corrected chi connectivity index (χ4v) is 4.05. The highest BCUT2D eigenvalue weighted by Crippen LogP contribution is 2.15. The Morgan fingerprint density at radius 1 is 0.370 bits per heavy atom. The first-order chi connectivity index (χ1) is 13.4. The van der Waals surface area contributed by atoms with Crippen LogP contribution in [0.3, 0.4) is 0 Å². The van der Waals surface area contributed by atoms with Crippen molar-refractivity contribution in [2.75, 3.05) is 0 Å². The summed E-state index contributed by atoms with van der Waals surface area (Å²) in [7, 11) is 0. The minimum atomic E-state index is 1.10. The van der Waals surface area contributed by atoms with E-state index in [4.69, 9.17) is 5.73 Å². The molecule has 0 bridgehead atoms. The molecule has 0 fully saturated rings. The third kappa shape index (κ3) is 26.0. The van der Waals surface area contributed by atoms with E-state index in [-0.39, 0.29) is 0 Å². The highest BCUT2D eigenvalue weighted by atomic mass is 14.5. The topological polar surface area (TPSA) is 26.0 Å². The van der Waals surface area contributed by atoms with Crippen molar-refractivity contribution < 1.29 is 0 Å². The first-order valence-electron chi connectivity index (χ1n) is 12.9. The zero-order chi connectivity index (χ0) is 19.7. The van der Waals surface area contributed by atoms with Gasteiger partial charge in [-0.15, -0.1) is 0 Å². The summed E-state index contributed by atoms with van der Waals surface area (Å²) in [4.78, 5) is 0. The van der Waals surface area contributed by atoms with Gasteiger partial charge < -0.3 is 5.73 Å². The first-order valence-corrected chi connectivity index (χ1v) is 12.9. The van der Waals surface area contributed by atoms with Gasteiger partial charge in [-0.3, -0.25) is 0 Å². The molecule has 0 aliphatic carbocycles. The normalized spacial score (nSPS) is 11.3. The summed E-state index contributed by atoms with van der Waals surface area (Å²) in [5, 5.41) is 0. The van der Waals surface area contributed by atoms with Crippen LogP contribution in [0.1, 0.15) is 161 Å². The monoisotopic (exact) mass is 380 g/mol. The molecule has 1 nitrogen and oxygen atoms in total. The lowest BCUT2D eigenvalue weighted by Crippen LogP contribution is -1.89. The van der Waals surface area contributed by atoms with E-state index in [0.29, 0.717) is 0 Å². The van der Waals surface area contributed by atoms with Gasteiger partial charge in [0.25, 0.3) is 0 Å². The number of nitrogens with two attached hydrogens (primary N) is 1. The van der Waals surface area contributed by atoms with Gasteiger partial charge in [0.05, 0.1) is 0 Å². The minimum absolute atomic E-state index is 1.10. The molecule has 0 heterocycles. The molecule has 0 aromatic rings. The van der Waals surface area contributed by atoms with Crippen molar-refractivity contribution in [2.24, 2.45) is 5.73 Å². The van der Waals surface area contributed by atoms with E-state index in [2.05, 4.69) is 6.92 Å². The Morgan fingerprint density at radius 2 is 0.593 bits per heavy atom. The SMILES string of the molecule is CCCCCCCCCCCCCCCCCCCCCCCCC[CH]N. The van der Waals surface area contributed by atoms with E-state index in [0.717, 1.165) is 6.42 Å². The van der Waals surface area contributed by atoms with E-state index in [9.17, 15) is 0 Å².